The summed E-state index contributed by atoms with van der Waals surface area (Å²) < 4.78 is 15.0. The smallest absolute Gasteiger partial charge is 0.316 e. The van der Waals surface area contributed by atoms with E-state index >= 15 is 0 Å². The van der Waals surface area contributed by atoms with Gasteiger partial charge in [-0.05, 0) is 12.1 Å². The molecule has 0 aliphatic heterocycles. The SMILES string of the molecule is COC(=O)CSc1n[nH]c(-c2cc(OC)cc(OC)c2)n1. The van der Waals surface area contributed by atoms with Crippen LogP contribution in [0.25, 0.3) is 11.4 Å². The fraction of sp³-hybridized carbons (Fsp3) is 0.308. The van der Waals surface area contributed by atoms with E-state index in [2.05, 4.69) is 19.9 Å². The topological polar surface area (TPSA) is 86.3 Å². The Bertz CT molecular complexity index is 607. The average Bonchev–Trinajstić information content (AvgIpc) is 3.00. The first-order valence-electron chi connectivity index (χ1n) is 6.01. The lowest BCUT2D eigenvalue weighted by atomic mass is 10.2. The van der Waals surface area contributed by atoms with Crippen LogP contribution in [0.1, 0.15) is 0 Å². The molecule has 1 heterocycles. The lowest BCUT2D eigenvalue weighted by Gasteiger charge is -2.06. The predicted molar refractivity (Wildman–Crippen MR) is 77.7 cm³/mol. The Morgan fingerprint density at radius 3 is 2.43 bits per heavy atom. The van der Waals surface area contributed by atoms with Crippen molar-refractivity contribution in [1.82, 2.24) is 15.2 Å². The Morgan fingerprint density at radius 2 is 1.86 bits per heavy atom. The Morgan fingerprint density at radius 1 is 1.19 bits per heavy atom. The summed E-state index contributed by atoms with van der Waals surface area (Å²) in [5.74, 6) is 1.72. The molecule has 7 nitrogen and oxygen atoms in total. The summed E-state index contributed by atoms with van der Waals surface area (Å²) in [5.41, 5.74) is 0.781. The van der Waals surface area contributed by atoms with Gasteiger partial charge in [-0.25, -0.2) is 4.98 Å². The summed E-state index contributed by atoms with van der Waals surface area (Å²) in [6, 6.07) is 5.41. The number of aromatic amines is 1. The van der Waals surface area contributed by atoms with Gasteiger partial charge in [0, 0.05) is 11.6 Å². The number of thioether (sulfide) groups is 1. The monoisotopic (exact) mass is 309 g/mol. The highest BCUT2D eigenvalue weighted by atomic mass is 32.2. The van der Waals surface area contributed by atoms with Crippen molar-refractivity contribution in [2.24, 2.45) is 0 Å². The van der Waals surface area contributed by atoms with Crippen LogP contribution in [0.15, 0.2) is 23.4 Å². The first-order valence-corrected chi connectivity index (χ1v) is 7.00. The molecule has 0 atom stereocenters. The van der Waals surface area contributed by atoms with Crippen molar-refractivity contribution < 1.29 is 19.0 Å². The Hall–Kier alpha value is -2.22. The third-order valence-electron chi connectivity index (χ3n) is 2.64. The van der Waals surface area contributed by atoms with E-state index in [1.54, 1.807) is 20.3 Å². The molecule has 0 unspecified atom stereocenters. The maximum atomic E-state index is 11.1. The summed E-state index contributed by atoms with van der Waals surface area (Å²) in [4.78, 5) is 15.4. The zero-order valence-corrected chi connectivity index (χ0v) is 12.7. The van der Waals surface area contributed by atoms with E-state index in [0.29, 0.717) is 22.5 Å². The zero-order valence-electron chi connectivity index (χ0n) is 11.9. The van der Waals surface area contributed by atoms with Gasteiger partial charge >= 0.3 is 5.97 Å². The lowest BCUT2D eigenvalue weighted by Crippen LogP contribution is -2.03. The van der Waals surface area contributed by atoms with Crippen LogP contribution in [-0.4, -0.2) is 48.2 Å². The number of methoxy groups -OCH3 is 3. The first-order chi connectivity index (χ1) is 10.2. The quantitative estimate of drug-likeness (QED) is 0.642. The number of hydrogen-bond donors (Lipinski definition) is 1. The zero-order chi connectivity index (χ0) is 15.2. The van der Waals surface area contributed by atoms with Crippen LogP contribution in [0, 0.1) is 0 Å². The molecule has 0 saturated heterocycles. The molecule has 2 aromatic rings. The average molecular weight is 309 g/mol. The number of carbonyl (C=O) groups is 1. The minimum absolute atomic E-state index is 0.162. The highest BCUT2D eigenvalue weighted by Crippen LogP contribution is 2.28. The fourth-order valence-electron chi connectivity index (χ4n) is 1.57. The summed E-state index contributed by atoms with van der Waals surface area (Å²) in [7, 11) is 4.50. The Kier molecular flexibility index (Phi) is 5.04. The molecule has 0 saturated carbocycles. The van der Waals surface area contributed by atoms with Gasteiger partial charge in [0.05, 0.1) is 27.1 Å². The highest BCUT2D eigenvalue weighted by molar-refractivity contribution is 7.99. The molecule has 0 bridgehead atoms. The molecule has 0 fully saturated rings. The van der Waals surface area contributed by atoms with Gasteiger partial charge < -0.3 is 14.2 Å². The number of esters is 1. The van der Waals surface area contributed by atoms with Crippen molar-refractivity contribution in [3.63, 3.8) is 0 Å². The van der Waals surface area contributed by atoms with E-state index in [1.165, 1.54) is 18.9 Å². The number of nitrogens with one attached hydrogen (secondary N) is 1. The molecule has 112 valence electrons. The predicted octanol–water partition coefficient (Wildman–Crippen LogP) is 1.75. The number of H-pyrrole nitrogens is 1. The first kappa shape index (κ1) is 15.2. The van der Waals surface area contributed by atoms with Crippen molar-refractivity contribution >= 4 is 17.7 Å². The van der Waals surface area contributed by atoms with Crippen LogP contribution in [0.5, 0.6) is 11.5 Å². The van der Waals surface area contributed by atoms with Crippen LogP contribution >= 0.6 is 11.8 Å². The number of ether oxygens (including phenoxy) is 3. The summed E-state index contributed by atoms with van der Waals surface area (Å²) in [5, 5.41) is 7.34. The van der Waals surface area contributed by atoms with Gasteiger partial charge in [0.1, 0.15) is 11.5 Å². The highest BCUT2D eigenvalue weighted by Gasteiger charge is 2.11. The molecule has 1 aromatic carbocycles. The van der Waals surface area contributed by atoms with E-state index in [4.69, 9.17) is 9.47 Å². The standard InChI is InChI=1S/C13H15N3O4S/c1-18-9-4-8(5-10(6-9)19-2)12-14-13(16-15-12)21-7-11(17)20-3/h4-6H,7H2,1-3H3,(H,14,15,16). The van der Waals surface area contributed by atoms with Gasteiger partial charge in [-0.1, -0.05) is 11.8 Å². The lowest BCUT2D eigenvalue weighted by molar-refractivity contribution is -0.137. The molecule has 0 aliphatic carbocycles. The third kappa shape index (κ3) is 3.88. The van der Waals surface area contributed by atoms with Crippen LogP contribution in [-0.2, 0) is 9.53 Å². The number of rotatable bonds is 6. The van der Waals surface area contributed by atoms with Crippen LogP contribution in [0.2, 0.25) is 0 Å². The van der Waals surface area contributed by atoms with Crippen LogP contribution < -0.4 is 9.47 Å². The van der Waals surface area contributed by atoms with Crippen molar-refractivity contribution in [2.75, 3.05) is 27.1 Å². The van der Waals surface area contributed by atoms with Gasteiger partial charge in [0.15, 0.2) is 5.82 Å². The summed E-state index contributed by atoms with van der Waals surface area (Å²) >= 11 is 1.20. The van der Waals surface area contributed by atoms with Crippen LogP contribution in [0.3, 0.4) is 0 Å². The molecule has 8 heteroatoms. The Labute approximate surface area is 126 Å². The second-order valence-electron chi connectivity index (χ2n) is 3.93. The molecular weight excluding hydrogens is 294 g/mol. The molecule has 2 rings (SSSR count). The molecule has 0 spiro atoms. The molecular formula is C13H15N3O4S. The second-order valence-corrected chi connectivity index (χ2v) is 4.88. The third-order valence-corrected chi connectivity index (χ3v) is 3.46. The number of benzene rings is 1. The van der Waals surface area contributed by atoms with Gasteiger partial charge in [0.25, 0.3) is 0 Å². The minimum atomic E-state index is -0.325. The van der Waals surface area contributed by atoms with E-state index in [9.17, 15) is 4.79 Å². The molecule has 0 radical (unpaired) electrons. The van der Waals surface area contributed by atoms with E-state index in [0.717, 1.165) is 5.56 Å². The van der Waals surface area contributed by atoms with Gasteiger partial charge in [-0.2, -0.15) is 0 Å². The van der Waals surface area contributed by atoms with Crippen molar-refractivity contribution in [1.29, 1.82) is 0 Å². The number of hydrogen-bond acceptors (Lipinski definition) is 7. The maximum Gasteiger partial charge on any atom is 0.316 e. The number of aromatic nitrogens is 3. The molecule has 0 amide bonds. The number of nitrogens with zero attached hydrogens (tertiary/aromatic N) is 2. The van der Waals surface area contributed by atoms with Crippen molar-refractivity contribution in [3.05, 3.63) is 18.2 Å². The van der Waals surface area contributed by atoms with E-state index < -0.39 is 0 Å². The van der Waals surface area contributed by atoms with Gasteiger partial charge in [0.2, 0.25) is 5.16 Å². The summed E-state index contributed by atoms with van der Waals surface area (Å²) in [6.07, 6.45) is 0. The van der Waals surface area contributed by atoms with Gasteiger partial charge in [-0.3, -0.25) is 9.89 Å². The Balaban J connectivity index is 2.18. The minimum Gasteiger partial charge on any atom is -0.497 e. The van der Waals surface area contributed by atoms with Crippen LogP contribution in [0.4, 0.5) is 0 Å². The molecule has 21 heavy (non-hydrogen) atoms. The fourth-order valence-corrected chi connectivity index (χ4v) is 2.20. The molecule has 0 aliphatic rings. The molecule has 1 N–H and O–H groups in total. The normalized spacial score (nSPS) is 10.2. The summed E-state index contributed by atoms with van der Waals surface area (Å²) in [6.45, 7) is 0. The largest absolute Gasteiger partial charge is 0.497 e. The number of carbonyl (C=O) groups excluding carboxylic acids is 1. The van der Waals surface area contributed by atoms with Crippen molar-refractivity contribution in [3.8, 4) is 22.9 Å². The van der Waals surface area contributed by atoms with Crippen molar-refractivity contribution in [2.45, 2.75) is 5.16 Å². The maximum absolute atomic E-state index is 11.1. The van der Waals surface area contributed by atoms with Gasteiger partial charge in [-0.15, -0.1) is 5.10 Å². The molecule has 1 aromatic heterocycles. The van der Waals surface area contributed by atoms with E-state index in [-0.39, 0.29) is 11.7 Å². The van der Waals surface area contributed by atoms with E-state index in [1.807, 2.05) is 12.1 Å². The second kappa shape index (κ2) is 6.98.